The van der Waals surface area contributed by atoms with Crippen molar-refractivity contribution in [3.8, 4) is 5.75 Å². The van der Waals surface area contributed by atoms with Gasteiger partial charge in [0.1, 0.15) is 5.75 Å². The Morgan fingerprint density at radius 1 is 0.786 bits per heavy atom. The van der Waals surface area contributed by atoms with E-state index in [-0.39, 0.29) is 11.8 Å². The average molecular weight is 374 g/mol. The number of ether oxygens (including phenoxy) is 1. The molecule has 0 fully saturated rings. The van der Waals surface area contributed by atoms with Gasteiger partial charge in [0.25, 0.3) is 11.8 Å². The average Bonchev–Trinajstić information content (AvgIpc) is 2.70. The zero-order valence-electron chi connectivity index (χ0n) is 15.8. The molecule has 142 valence electrons. The summed E-state index contributed by atoms with van der Waals surface area (Å²) in [6, 6.07) is 23.6. The van der Waals surface area contributed by atoms with Crippen LogP contribution in [0.3, 0.4) is 0 Å². The van der Waals surface area contributed by atoms with Crippen LogP contribution in [0.15, 0.2) is 78.9 Å². The first-order chi connectivity index (χ1) is 13.5. The minimum atomic E-state index is -0.636. The standard InChI is InChI=1S/C23H22N2O3/c1-16-8-6-7-11-21(16)23(27)25-19-14-12-18(13-15-19)24-22(26)17(2)28-20-9-4-3-5-10-20/h3-15,17H,1-2H3,(H,24,26)(H,25,27). The maximum Gasteiger partial charge on any atom is 0.265 e. The molecule has 0 aliphatic carbocycles. The van der Waals surface area contributed by atoms with E-state index in [1.54, 1.807) is 49.4 Å². The highest BCUT2D eigenvalue weighted by Gasteiger charge is 2.15. The van der Waals surface area contributed by atoms with Gasteiger partial charge in [0.15, 0.2) is 6.10 Å². The second-order valence-corrected chi connectivity index (χ2v) is 6.41. The molecule has 0 radical (unpaired) electrons. The summed E-state index contributed by atoms with van der Waals surface area (Å²) in [6.45, 7) is 3.59. The van der Waals surface area contributed by atoms with Crippen molar-refractivity contribution in [3.63, 3.8) is 0 Å². The van der Waals surface area contributed by atoms with Gasteiger partial charge in [-0.25, -0.2) is 0 Å². The highest BCUT2D eigenvalue weighted by Crippen LogP contribution is 2.17. The van der Waals surface area contributed by atoms with Crippen molar-refractivity contribution >= 4 is 23.2 Å². The van der Waals surface area contributed by atoms with Gasteiger partial charge in [-0.3, -0.25) is 9.59 Å². The molecule has 28 heavy (non-hydrogen) atoms. The second kappa shape index (κ2) is 8.86. The van der Waals surface area contributed by atoms with E-state index in [1.807, 2.05) is 43.3 Å². The normalized spacial score (nSPS) is 11.4. The summed E-state index contributed by atoms with van der Waals surface area (Å²) in [6.07, 6.45) is -0.636. The number of aryl methyl sites for hydroxylation is 1. The van der Waals surface area contributed by atoms with Gasteiger partial charge in [0.05, 0.1) is 0 Å². The lowest BCUT2D eigenvalue weighted by Crippen LogP contribution is -2.30. The molecule has 5 heteroatoms. The van der Waals surface area contributed by atoms with Gasteiger partial charge in [-0.15, -0.1) is 0 Å². The summed E-state index contributed by atoms with van der Waals surface area (Å²) in [5.74, 6) is 0.222. The Morgan fingerprint density at radius 2 is 1.36 bits per heavy atom. The fourth-order valence-electron chi connectivity index (χ4n) is 2.66. The van der Waals surface area contributed by atoms with E-state index < -0.39 is 6.10 Å². The summed E-state index contributed by atoms with van der Waals surface area (Å²) in [7, 11) is 0. The van der Waals surface area contributed by atoms with Gasteiger partial charge >= 0.3 is 0 Å². The highest BCUT2D eigenvalue weighted by molar-refractivity contribution is 6.05. The molecule has 1 unspecified atom stereocenters. The first-order valence-corrected chi connectivity index (χ1v) is 9.02. The van der Waals surface area contributed by atoms with Crippen LogP contribution in [0.4, 0.5) is 11.4 Å². The lowest BCUT2D eigenvalue weighted by Gasteiger charge is -2.15. The lowest BCUT2D eigenvalue weighted by molar-refractivity contribution is -0.122. The molecule has 2 amide bonds. The number of hydrogen-bond acceptors (Lipinski definition) is 3. The minimum absolute atomic E-state index is 0.167. The number of nitrogens with one attached hydrogen (secondary N) is 2. The van der Waals surface area contributed by atoms with Crippen LogP contribution in [-0.2, 0) is 4.79 Å². The van der Waals surface area contributed by atoms with Crippen LogP contribution in [0, 0.1) is 6.92 Å². The van der Waals surface area contributed by atoms with Crippen LogP contribution in [0.5, 0.6) is 5.75 Å². The van der Waals surface area contributed by atoms with E-state index >= 15 is 0 Å². The van der Waals surface area contributed by atoms with Gasteiger partial charge in [0.2, 0.25) is 0 Å². The summed E-state index contributed by atoms with van der Waals surface area (Å²) in [5.41, 5.74) is 2.82. The fraction of sp³-hybridized carbons (Fsp3) is 0.130. The number of amides is 2. The second-order valence-electron chi connectivity index (χ2n) is 6.41. The maximum atomic E-state index is 12.4. The van der Waals surface area contributed by atoms with Crippen LogP contribution >= 0.6 is 0 Å². The quantitative estimate of drug-likeness (QED) is 0.660. The molecule has 3 rings (SSSR count). The Hall–Kier alpha value is -3.60. The third-order valence-corrected chi connectivity index (χ3v) is 4.23. The molecule has 0 saturated carbocycles. The predicted molar refractivity (Wildman–Crippen MR) is 111 cm³/mol. The molecule has 1 atom stereocenters. The summed E-state index contributed by atoms with van der Waals surface area (Å²) in [5, 5.41) is 5.67. The Labute approximate surface area is 164 Å². The molecule has 0 aromatic heterocycles. The monoisotopic (exact) mass is 374 g/mol. The minimum Gasteiger partial charge on any atom is -0.481 e. The van der Waals surface area contributed by atoms with Crippen molar-refractivity contribution in [2.45, 2.75) is 20.0 Å². The van der Waals surface area contributed by atoms with Crippen LogP contribution in [0.2, 0.25) is 0 Å². The Balaban J connectivity index is 1.57. The van der Waals surface area contributed by atoms with Crippen LogP contribution in [-0.4, -0.2) is 17.9 Å². The first-order valence-electron chi connectivity index (χ1n) is 9.02. The maximum absolute atomic E-state index is 12.4. The van der Waals surface area contributed by atoms with Crippen molar-refractivity contribution in [3.05, 3.63) is 90.0 Å². The van der Waals surface area contributed by atoms with Gasteiger partial charge < -0.3 is 15.4 Å². The number of carbonyl (C=O) groups excluding carboxylic acids is 2. The molecule has 0 saturated heterocycles. The molecule has 0 bridgehead atoms. The molecule has 3 aromatic rings. The summed E-state index contributed by atoms with van der Waals surface area (Å²) in [4.78, 5) is 24.7. The number of rotatable bonds is 6. The number of hydrogen-bond donors (Lipinski definition) is 2. The Morgan fingerprint density at radius 3 is 2.00 bits per heavy atom. The smallest absolute Gasteiger partial charge is 0.265 e. The zero-order chi connectivity index (χ0) is 19.9. The van der Waals surface area contributed by atoms with E-state index in [9.17, 15) is 9.59 Å². The Kier molecular flexibility index (Phi) is 6.07. The lowest BCUT2D eigenvalue weighted by atomic mass is 10.1. The SMILES string of the molecule is Cc1ccccc1C(=O)Nc1ccc(NC(=O)C(C)Oc2ccccc2)cc1. The van der Waals surface area contributed by atoms with Gasteiger partial charge in [0, 0.05) is 16.9 Å². The molecule has 2 N–H and O–H groups in total. The van der Waals surface area contributed by atoms with Crippen LogP contribution < -0.4 is 15.4 Å². The van der Waals surface area contributed by atoms with E-state index in [4.69, 9.17) is 4.74 Å². The van der Waals surface area contributed by atoms with Crippen molar-refractivity contribution in [2.24, 2.45) is 0 Å². The van der Waals surface area contributed by atoms with Crippen molar-refractivity contribution < 1.29 is 14.3 Å². The topological polar surface area (TPSA) is 67.4 Å². The largest absolute Gasteiger partial charge is 0.481 e. The molecular weight excluding hydrogens is 352 g/mol. The van der Waals surface area contributed by atoms with Crippen LogP contribution in [0.25, 0.3) is 0 Å². The highest BCUT2D eigenvalue weighted by atomic mass is 16.5. The molecule has 3 aromatic carbocycles. The Bertz CT molecular complexity index is 953. The van der Waals surface area contributed by atoms with Gasteiger partial charge in [-0.2, -0.15) is 0 Å². The number of anilines is 2. The molecular formula is C23H22N2O3. The predicted octanol–water partition coefficient (Wildman–Crippen LogP) is 4.65. The van der Waals surface area contributed by atoms with E-state index in [0.717, 1.165) is 5.56 Å². The number of benzene rings is 3. The van der Waals surface area contributed by atoms with Crippen molar-refractivity contribution in [2.75, 3.05) is 10.6 Å². The van der Waals surface area contributed by atoms with E-state index in [2.05, 4.69) is 10.6 Å². The van der Waals surface area contributed by atoms with E-state index in [0.29, 0.717) is 22.7 Å². The van der Waals surface area contributed by atoms with E-state index in [1.165, 1.54) is 0 Å². The molecule has 0 aliphatic heterocycles. The summed E-state index contributed by atoms with van der Waals surface area (Å²) < 4.78 is 5.62. The van der Waals surface area contributed by atoms with Crippen LogP contribution in [0.1, 0.15) is 22.8 Å². The first kappa shape index (κ1) is 19.2. The number of carbonyl (C=O) groups is 2. The molecule has 0 aliphatic rings. The van der Waals surface area contributed by atoms with Gasteiger partial charge in [-0.1, -0.05) is 36.4 Å². The fourth-order valence-corrected chi connectivity index (χ4v) is 2.66. The summed E-state index contributed by atoms with van der Waals surface area (Å²) >= 11 is 0. The third kappa shape index (κ3) is 4.98. The van der Waals surface area contributed by atoms with Crippen molar-refractivity contribution in [1.29, 1.82) is 0 Å². The molecule has 0 heterocycles. The molecule has 5 nitrogen and oxygen atoms in total. The molecule has 0 spiro atoms. The number of para-hydroxylation sites is 1. The van der Waals surface area contributed by atoms with Gasteiger partial charge in [-0.05, 0) is 61.9 Å². The third-order valence-electron chi connectivity index (χ3n) is 4.23. The zero-order valence-corrected chi connectivity index (χ0v) is 15.8. The van der Waals surface area contributed by atoms with Crippen molar-refractivity contribution in [1.82, 2.24) is 0 Å².